The number of nitrogens with one attached hydrogen (secondary N) is 1. The number of nitrogens with zero attached hydrogens (tertiary/aromatic N) is 2. The van der Waals surface area contributed by atoms with Gasteiger partial charge in [0.05, 0.1) is 23.5 Å². The Morgan fingerprint density at radius 1 is 0.774 bits per heavy atom. The molecule has 0 fully saturated rings. The lowest BCUT2D eigenvalue weighted by Gasteiger charge is -2.39. The minimum atomic E-state index is -3.75. The lowest BCUT2D eigenvalue weighted by atomic mass is 9.58. The van der Waals surface area contributed by atoms with Crippen LogP contribution in [0.1, 0.15) is 83.2 Å². The van der Waals surface area contributed by atoms with Crippen LogP contribution in [0.25, 0.3) is 10.8 Å². The van der Waals surface area contributed by atoms with E-state index < -0.39 is 15.4 Å². The van der Waals surface area contributed by atoms with Crippen molar-refractivity contribution in [1.29, 1.82) is 0 Å². The third-order valence-electron chi connectivity index (χ3n) is 12.9. The second kappa shape index (κ2) is 17.7. The molecule has 0 atom stereocenters. The fourth-order valence-corrected chi connectivity index (χ4v) is 10.7. The second-order valence-electron chi connectivity index (χ2n) is 17.9. The average molecular weight is 848 g/mol. The standard InChI is InChI=1S/C52H58BN3O5S/c1-35-23-26-42(27-24-35)62(58,59)55-33-44-38(4)43(19-13-29-61-51(57)52(6,7)28-14-30-60-48-31-36(2)22-25-37(48)3)50(39(5)45(44)34-55)53-54-46-20-11-17-41-18-12-21-47(49(41)46)56(53)32-40-15-9-8-10-16-40/h8-12,15-18,20-27,31,54H,13-14,19,28-30,32-34H2,1-7H3. The van der Waals surface area contributed by atoms with Gasteiger partial charge in [0.15, 0.2) is 0 Å². The van der Waals surface area contributed by atoms with Gasteiger partial charge in [-0.15, -0.1) is 0 Å². The number of fused-ring (bicyclic) bond motifs is 1. The first-order valence-corrected chi connectivity index (χ1v) is 23.3. The van der Waals surface area contributed by atoms with E-state index in [0.717, 1.165) is 73.5 Å². The van der Waals surface area contributed by atoms with Gasteiger partial charge in [0.1, 0.15) is 5.75 Å². The number of hydrogen-bond acceptors (Lipinski definition) is 7. The fraction of sp³-hybridized carbons (Fsp3) is 0.327. The molecule has 320 valence electrons. The van der Waals surface area contributed by atoms with Crippen molar-refractivity contribution < 1.29 is 22.7 Å². The Morgan fingerprint density at radius 3 is 2.21 bits per heavy atom. The van der Waals surface area contributed by atoms with Crippen LogP contribution in [-0.2, 0) is 45.6 Å². The number of carbonyl (C=O) groups excluding carboxylic acids is 1. The zero-order valence-electron chi connectivity index (χ0n) is 37.2. The molecule has 0 unspecified atom stereocenters. The highest BCUT2D eigenvalue weighted by Crippen LogP contribution is 2.40. The van der Waals surface area contributed by atoms with Crippen molar-refractivity contribution in [2.45, 2.75) is 98.7 Å². The molecule has 62 heavy (non-hydrogen) atoms. The number of sulfonamides is 1. The van der Waals surface area contributed by atoms with Gasteiger partial charge in [0.2, 0.25) is 10.0 Å². The predicted octanol–water partition coefficient (Wildman–Crippen LogP) is 10.3. The Kier molecular flexibility index (Phi) is 12.3. The van der Waals surface area contributed by atoms with Crippen LogP contribution in [0.2, 0.25) is 0 Å². The molecule has 8 nitrogen and oxygen atoms in total. The molecule has 0 amide bonds. The quantitative estimate of drug-likeness (QED) is 0.0626. The molecule has 2 heterocycles. The van der Waals surface area contributed by atoms with Crippen LogP contribution in [0, 0.1) is 40.0 Å². The van der Waals surface area contributed by atoms with Gasteiger partial charge in [-0.2, -0.15) is 4.31 Å². The van der Waals surface area contributed by atoms with Gasteiger partial charge in [-0.05, 0) is 160 Å². The number of esters is 1. The first-order valence-electron chi connectivity index (χ1n) is 21.9. The maximum absolute atomic E-state index is 14.2. The van der Waals surface area contributed by atoms with Crippen LogP contribution in [0.3, 0.4) is 0 Å². The summed E-state index contributed by atoms with van der Waals surface area (Å²) in [6.07, 6.45) is 2.64. The van der Waals surface area contributed by atoms with Crippen molar-refractivity contribution in [2.75, 3.05) is 23.3 Å². The van der Waals surface area contributed by atoms with Crippen LogP contribution < -0.4 is 20.2 Å². The molecule has 2 aliphatic rings. The molecular formula is C52H58BN3O5S. The third kappa shape index (κ3) is 8.60. The van der Waals surface area contributed by atoms with Crippen molar-refractivity contribution in [3.05, 3.63) is 159 Å². The van der Waals surface area contributed by atoms with Gasteiger partial charge in [-0.25, -0.2) is 8.42 Å². The second-order valence-corrected chi connectivity index (χ2v) is 19.8. The van der Waals surface area contributed by atoms with E-state index in [0.29, 0.717) is 50.4 Å². The summed E-state index contributed by atoms with van der Waals surface area (Å²) in [6.45, 7) is 16.1. The van der Waals surface area contributed by atoms with E-state index in [1.165, 1.54) is 16.3 Å². The highest BCUT2D eigenvalue weighted by molar-refractivity contribution is 7.89. The third-order valence-corrected chi connectivity index (χ3v) is 14.8. The summed E-state index contributed by atoms with van der Waals surface area (Å²) in [5.74, 6) is 0.672. The molecule has 6 aromatic carbocycles. The van der Waals surface area contributed by atoms with Crippen LogP contribution in [-0.4, -0.2) is 38.9 Å². The van der Waals surface area contributed by atoms with Crippen molar-refractivity contribution in [2.24, 2.45) is 5.41 Å². The molecule has 6 aromatic rings. The fourth-order valence-electron chi connectivity index (χ4n) is 9.28. The molecule has 0 aromatic heterocycles. The maximum Gasteiger partial charge on any atom is 0.409 e. The first kappa shape index (κ1) is 43.1. The van der Waals surface area contributed by atoms with Crippen molar-refractivity contribution in [1.82, 2.24) is 4.31 Å². The number of ether oxygens (including phenoxy) is 2. The minimum Gasteiger partial charge on any atom is -0.493 e. The summed E-state index contributed by atoms with van der Waals surface area (Å²) in [5.41, 5.74) is 12.6. The maximum atomic E-state index is 14.2. The van der Waals surface area contributed by atoms with E-state index in [1.807, 2.05) is 45.9 Å². The summed E-state index contributed by atoms with van der Waals surface area (Å²) in [7, 11) is -3.75. The number of aryl methyl sites for hydroxylation is 3. The zero-order valence-corrected chi connectivity index (χ0v) is 38.0. The number of benzene rings is 6. The molecule has 2 aliphatic heterocycles. The van der Waals surface area contributed by atoms with Gasteiger partial charge in [0, 0.05) is 36.4 Å². The molecule has 10 heteroatoms. The highest BCUT2D eigenvalue weighted by Gasteiger charge is 2.40. The van der Waals surface area contributed by atoms with Gasteiger partial charge in [-0.1, -0.05) is 84.4 Å². The van der Waals surface area contributed by atoms with Gasteiger partial charge < -0.3 is 19.5 Å². The molecule has 0 saturated heterocycles. The minimum absolute atomic E-state index is 0.212. The number of carbonyl (C=O) groups is 1. The lowest BCUT2D eigenvalue weighted by Crippen LogP contribution is -2.58. The van der Waals surface area contributed by atoms with Crippen LogP contribution in [0.5, 0.6) is 5.75 Å². The van der Waals surface area contributed by atoms with E-state index in [4.69, 9.17) is 9.47 Å². The Labute approximate surface area is 368 Å². The molecule has 1 N–H and O–H groups in total. The molecule has 8 rings (SSSR count). The summed E-state index contributed by atoms with van der Waals surface area (Å²) >= 11 is 0. The average Bonchev–Trinajstić information content (AvgIpc) is 3.73. The summed E-state index contributed by atoms with van der Waals surface area (Å²) in [4.78, 5) is 16.3. The largest absolute Gasteiger partial charge is 0.493 e. The van der Waals surface area contributed by atoms with Crippen LogP contribution in [0.15, 0.2) is 114 Å². The van der Waals surface area contributed by atoms with Crippen molar-refractivity contribution >= 4 is 50.6 Å². The molecule has 0 saturated carbocycles. The molecule has 0 bridgehead atoms. The molecular weight excluding hydrogens is 789 g/mol. The van der Waals surface area contributed by atoms with Crippen LogP contribution >= 0.6 is 0 Å². The van der Waals surface area contributed by atoms with E-state index in [9.17, 15) is 13.2 Å². The summed E-state index contributed by atoms with van der Waals surface area (Å²) in [6, 6.07) is 36.8. The molecule has 0 spiro atoms. The summed E-state index contributed by atoms with van der Waals surface area (Å²) in [5, 5.41) is 6.34. The van der Waals surface area contributed by atoms with E-state index >= 15 is 0 Å². The van der Waals surface area contributed by atoms with E-state index in [2.05, 4.69) is 110 Å². The van der Waals surface area contributed by atoms with E-state index in [-0.39, 0.29) is 19.6 Å². The van der Waals surface area contributed by atoms with Gasteiger partial charge >= 0.3 is 13.0 Å². The Balaban J connectivity index is 1.09. The Morgan fingerprint density at radius 2 is 1.47 bits per heavy atom. The number of anilines is 2. The van der Waals surface area contributed by atoms with Crippen molar-refractivity contribution in [3.8, 4) is 5.75 Å². The monoisotopic (exact) mass is 847 g/mol. The van der Waals surface area contributed by atoms with Crippen molar-refractivity contribution in [3.63, 3.8) is 0 Å². The topological polar surface area (TPSA) is 88.2 Å². The van der Waals surface area contributed by atoms with E-state index in [1.54, 1.807) is 16.4 Å². The normalized spacial score (nSPS) is 13.9. The first-order chi connectivity index (χ1) is 29.7. The number of hydrogen-bond donors (Lipinski definition) is 1. The smallest absolute Gasteiger partial charge is 0.409 e. The van der Waals surface area contributed by atoms with Gasteiger partial charge in [-0.3, -0.25) is 4.79 Å². The lowest BCUT2D eigenvalue weighted by molar-refractivity contribution is -0.154. The molecule has 0 radical (unpaired) electrons. The summed E-state index contributed by atoms with van der Waals surface area (Å²) < 4.78 is 42.1. The van der Waals surface area contributed by atoms with Gasteiger partial charge in [0.25, 0.3) is 0 Å². The zero-order chi connectivity index (χ0) is 43.8. The number of rotatable bonds is 15. The molecule has 0 aliphatic carbocycles. The Bertz CT molecular complexity index is 2730. The Hall–Kier alpha value is -5.58. The predicted molar refractivity (Wildman–Crippen MR) is 253 cm³/mol. The SMILES string of the molecule is Cc1ccc(S(=O)(=O)N2Cc3c(C)c(CCCOC(=O)C(C)(C)CCCOc4cc(C)ccc4C)c(B4Nc5cccc6cccc(c56)N4Cc4ccccc4)c(C)c3C2)cc1. The highest BCUT2D eigenvalue weighted by atomic mass is 32.2. The van der Waals surface area contributed by atoms with Crippen LogP contribution in [0.4, 0.5) is 11.4 Å².